The molecule has 2 aliphatic rings. The molecule has 13 aromatic rings. The average molecular weight is 881 g/mol. The lowest BCUT2D eigenvalue weighted by Gasteiger charge is -2.39. The van der Waals surface area contributed by atoms with Crippen LogP contribution < -0.4 is 4.74 Å². The van der Waals surface area contributed by atoms with Gasteiger partial charge < -0.3 is 18.4 Å². The molecule has 1 aliphatic carbocycles. The monoisotopic (exact) mass is 880 g/mol. The van der Waals surface area contributed by atoms with Crippen molar-refractivity contribution < 1.29 is 4.74 Å². The lowest BCUT2D eigenvalue weighted by molar-refractivity contribution is 0.436. The van der Waals surface area contributed by atoms with Gasteiger partial charge >= 0.3 is 0 Å². The van der Waals surface area contributed by atoms with Gasteiger partial charge in [-0.05, 0) is 113 Å². The molecule has 0 fully saturated rings. The number of benzene rings is 7. The van der Waals surface area contributed by atoms with Gasteiger partial charge in [0.1, 0.15) is 11.5 Å². The van der Waals surface area contributed by atoms with E-state index in [1.807, 2.05) is 79.4 Å². The van der Waals surface area contributed by atoms with Crippen molar-refractivity contribution in [2.75, 3.05) is 0 Å². The zero-order valence-corrected chi connectivity index (χ0v) is 36.5. The smallest absolute Gasteiger partial charge is 0.188 e. The van der Waals surface area contributed by atoms with Crippen molar-refractivity contribution in [3.63, 3.8) is 0 Å². The summed E-state index contributed by atoms with van der Waals surface area (Å²) in [5, 5.41) is 6.46. The maximum Gasteiger partial charge on any atom is 0.188 e. The molecule has 0 saturated heterocycles. The van der Waals surface area contributed by atoms with Gasteiger partial charge in [-0.2, -0.15) is 0 Å². The van der Waals surface area contributed by atoms with Crippen LogP contribution >= 0.6 is 0 Å². The van der Waals surface area contributed by atoms with E-state index in [4.69, 9.17) is 27.8 Å². The second-order valence-corrected chi connectivity index (χ2v) is 17.8. The summed E-state index contributed by atoms with van der Waals surface area (Å²) in [6, 6.07) is 59.0. The topological polar surface area (TPSA) is 71.4 Å². The molecule has 0 bridgehead atoms. The van der Waals surface area contributed by atoms with E-state index in [0.717, 1.165) is 117 Å². The van der Waals surface area contributed by atoms with E-state index >= 15 is 0 Å². The third-order valence-corrected chi connectivity index (χ3v) is 14.5. The fraction of sp³-hybridized carbons (Fsp3) is 0.0167. The molecule has 0 saturated carbocycles. The molecule has 6 aromatic heterocycles. The first kappa shape index (κ1) is 37.4. The minimum atomic E-state index is -0.883. The summed E-state index contributed by atoms with van der Waals surface area (Å²) in [5.41, 5.74) is 14.9. The highest BCUT2D eigenvalue weighted by Crippen LogP contribution is 2.62. The van der Waals surface area contributed by atoms with E-state index < -0.39 is 5.41 Å². The maximum absolute atomic E-state index is 7.82. The Morgan fingerprint density at radius 2 is 0.942 bits per heavy atom. The van der Waals surface area contributed by atoms with Crippen LogP contribution in [-0.4, -0.2) is 28.7 Å². The quantitative estimate of drug-likeness (QED) is 0.166. The largest absolute Gasteiger partial charge is 0.457 e. The molecule has 9 nitrogen and oxygen atoms in total. The second-order valence-electron chi connectivity index (χ2n) is 17.8. The summed E-state index contributed by atoms with van der Waals surface area (Å²) in [5.74, 6) is 1.52. The zero-order chi connectivity index (χ0) is 45.5. The van der Waals surface area contributed by atoms with Gasteiger partial charge in [0.2, 0.25) is 0 Å². The van der Waals surface area contributed by atoms with Crippen LogP contribution in [0.2, 0.25) is 0 Å². The number of rotatable bonds is 3. The Labute approximate surface area is 393 Å². The van der Waals surface area contributed by atoms with Crippen molar-refractivity contribution in [1.29, 1.82) is 0 Å². The summed E-state index contributed by atoms with van der Waals surface area (Å²) in [6.45, 7) is 15.6. The highest BCUT2D eigenvalue weighted by molar-refractivity contribution is 6.13. The van der Waals surface area contributed by atoms with Crippen LogP contribution in [0, 0.1) is 13.1 Å². The Kier molecular flexibility index (Phi) is 7.38. The molecule has 0 amide bonds. The van der Waals surface area contributed by atoms with Crippen molar-refractivity contribution in [3.05, 3.63) is 240 Å². The lowest BCUT2D eigenvalue weighted by Crippen LogP contribution is -2.32. The van der Waals surface area contributed by atoms with Crippen LogP contribution in [0.15, 0.2) is 195 Å². The summed E-state index contributed by atoms with van der Waals surface area (Å²) in [4.78, 5) is 22.5. The molecule has 318 valence electrons. The van der Waals surface area contributed by atoms with Crippen LogP contribution in [0.3, 0.4) is 0 Å². The van der Waals surface area contributed by atoms with Gasteiger partial charge in [-0.1, -0.05) is 72.8 Å². The molecule has 1 spiro atoms. The fourth-order valence-electron chi connectivity index (χ4n) is 11.7. The average Bonchev–Trinajstić information content (AvgIpc) is 4.12. The van der Waals surface area contributed by atoms with E-state index in [9.17, 15) is 0 Å². The molecule has 1 atom stereocenters. The predicted molar refractivity (Wildman–Crippen MR) is 273 cm³/mol. The van der Waals surface area contributed by atoms with E-state index in [1.54, 1.807) is 0 Å². The van der Waals surface area contributed by atoms with Crippen LogP contribution in [0.4, 0.5) is 11.4 Å². The highest BCUT2D eigenvalue weighted by atomic mass is 16.5. The first-order valence-corrected chi connectivity index (χ1v) is 22.7. The van der Waals surface area contributed by atoms with Gasteiger partial charge in [0, 0.05) is 62.0 Å². The standard InChI is InChI=1S/C60H32N8O/c1-61-35-17-21-52-43(28-35)44-29-36(62-2)18-22-53(44)68(52)39-32-49-59(65-33-39)58-47(13-9-26-64-58)60(49)46-12-5-8-16-56(46)69-57-24-20-38(31-48(57)60)66-51-15-7-4-11-41(51)45-30-37(19-23-54(45)66)67-50-14-6-3-10-40(50)42-25-27-63-34-55(42)67/h3-34H. The summed E-state index contributed by atoms with van der Waals surface area (Å²) < 4.78 is 13.8. The molecule has 1 unspecified atom stereocenters. The van der Waals surface area contributed by atoms with Crippen LogP contribution in [0.5, 0.6) is 11.5 Å². The van der Waals surface area contributed by atoms with E-state index in [1.165, 1.54) is 10.8 Å². The molecule has 7 heterocycles. The number of nitrogens with zero attached hydrogens (tertiary/aromatic N) is 8. The summed E-state index contributed by atoms with van der Waals surface area (Å²) in [7, 11) is 0. The molecular weight excluding hydrogens is 849 g/mol. The van der Waals surface area contributed by atoms with E-state index in [-0.39, 0.29) is 0 Å². The van der Waals surface area contributed by atoms with Crippen LogP contribution in [-0.2, 0) is 5.41 Å². The van der Waals surface area contributed by atoms with Crippen molar-refractivity contribution in [1.82, 2.24) is 28.7 Å². The van der Waals surface area contributed by atoms with Gasteiger partial charge in [0.15, 0.2) is 11.4 Å². The van der Waals surface area contributed by atoms with Gasteiger partial charge in [-0.25, -0.2) is 9.69 Å². The molecule has 9 heteroatoms. The van der Waals surface area contributed by atoms with Gasteiger partial charge in [-0.3, -0.25) is 15.0 Å². The summed E-state index contributed by atoms with van der Waals surface area (Å²) >= 11 is 0. The Morgan fingerprint density at radius 3 is 1.71 bits per heavy atom. The Balaban J connectivity index is 0.988. The van der Waals surface area contributed by atoms with Crippen molar-refractivity contribution in [3.8, 4) is 39.9 Å². The van der Waals surface area contributed by atoms with Crippen LogP contribution in [0.1, 0.15) is 22.3 Å². The van der Waals surface area contributed by atoms with Crippen molar-refractivity contribution in [2.45, 2.75) is 5.41 Å². The molecule has 1 aliphatic heterocycles. The van der Waals surface area contributed by atoms with Gasteiger partial charge in [0.25, 0.3) is 0 Å². The number of fused-ring (bicyclic) bond motifs is 18. The van der Waals surface area contributed by atoms with Crippen molar-refractivity contribution >= 4 is 76.8 Å². The van der Waals surface area contributed by atoms with Gasteiger partial charge in [0.05, 0.1) is 81.1 Å². The maximum atomic E-state index is 7.82. The molecule has 0 radical (unpaired) electrons. The van der Waals surface area contributed by atoms with E-state index in [2.05, 4.69) is 144 Å². The number of aromatic nitrogens is 6. The minimum Gasteiger partial charge on any atom is -0.457 e. The number of pyridine rings is 3. The number of hydrogen-bond acceptors (Lipinski definition) is 4. The fourth-order valence-corrected chi connectivity index (χ4v) is 11.7. The van der Waals surface area contributed by atoms with Crippen LogP contribution in [0.25, 0.3) is 104 Å². The molecule has 7 aromatic carbocycles. The second kappa shape index (κ2) is 13.6. The van der Waals surface area contributed by atoms with Crippen molar-refractivity contribution in [2.24, 2.45) is 0 Å². The zero-order valence-electron chi connectivity index (χ0n) is 36.5. The predicted octanol–water partition coefficient (Wildman–Crippen LogP) is 14.7. The molecule has 15 rings (SSSR count). The first-order chi connectivity index (χ1) is 34.1. The van der Waals surface area contributed by atoms with E-state index in [0.29, 0.717) is 11.4 Å². The molecular formula is C60H32N8O. The highest BCUT2D eigenvalue weighted by Gasteiger charge is 2.53. The number of hydrogen-bond donors (Lipinski definition) is 0. The minimum absolute atomic E-state index is 0.540. The lowest BCUT2D eigenvalue weighted by atomic mass is 9.66. The number of para-hydroxylation sites is 3. The first-order valence-electron chi connectivity index (χ1n) is 22.7. The Hall–Kier alpha value is -9.83. The number of ether oxygens (including phenoxy) is 1. The Bertz CT molecular complexity index is 4400. The molecule has 69 heavy (non-hydrogen) atoms. The third kappa shape index (κ3) is 4.87. The summed E-state index contributed by atoms with van der Waals surface area (Å²) in [6.07, 6.45) is 7.59. The SMILES string of the molecule is [C-]#[N+]c1ccc2c(c1)c1cc([N+]#[C-])ccc1n2-c1cnc2c(c1)C1(c3ccccc3Oc3ccc(-n4c5ccccc5c5cc(-n6c7ccccc7c7ccncc76)ccc54)cc31)c1cccnc1-2. The van der Waals surface area contributed by atoms with Gasteiger partial charge in [-0.15, -0.1) is 0 Å². The third-order valence-electron chi connectivity index (χ3n) is 14.5. The normalized spacial score (nSPS) is 14.5. The Morgan fingerprint density at radius 1 is 0.391 bits per heavy atom. The molecule has 0 N–H and O–H groups in total.